The summed E-state index contributed by atoms with van der Waals surface area (Å²) in [5.74, 6) is 0. The average molecular weight is 379 g/mol. The van der Waals surface area contributed by atoms with Gasteiger partial charge >= 0.3 is 0 Å². The highest BCUT2D eigenvalue weighted by molar-refractivity contribution is 8.12. The summed E-state index contributed by atoms with van der Waals surface area (Å²) in [7, 11) is -5.46. The summed E-state index contributed by atoms with van der Waals surface area (Å²) in [5.41, 5.74) is 0. The molecule has 0 aliphatic heterocycles. The molecule has 0 fully saturated rings. The molecule has 122 valence electrons. The van der Waals surface area contributed by atoms with Gasteiger partial charge in [0.05, 0.1) is 0 Å². The van der Waals surface area contributed by atoms with Crippen molar-refractivity contribution in [2.75, 3.05) is 0 Å². The van der Waals surface area contributed by atoms with E-state index in [-0.39, 0.29) is 0 Å². The largest absolute Gasteiger partial charge is 0.0737 e. The van der Waals surface area contributed by atoms with Gasteiger partial charge in [-0.05, 0) is 0 Å². The van der Waals surface area contributed by atoms with Crippen molar-refractivity contribution in [3.05, 3.63) is 0 Å². The lowest BCUT2D eigenvalue weighted by Crippen LogP contribution is -2.96. The molecular formula is C14H42Si6. The van der Waals surface area contributed by atoms with E-state index in [1.54, 1.807) is 0 Å². The quantitative estimate of drug-likeness (QED) is 0.523. The minimum atomic E-state index is -1.15. The van der Waals surface area contributed by atoms with Crippen molar-refractivity contribution >= 4 is 43.6 Å². The average Bonchev–Trinajstić information content (AvgIpc) is 1.89. The molecule has 0 amide bonds. The Bertz CT molecular complexity index is 310. The van der Waals surface area contributed by atoms with E-state index < -0.39 is 43.6 Å². The molecule has 0 atom stereocenters. The highest BCUT2D eigenvalue weighted by Gasteiger charge is 2.71. The molecule has 0 bridgehead atoms. The Labute approximate surface area is 135 Å². The molecule has 0 spiro atoms. The Morgan fingerprint density at radius 3 is 0.550 bits per heavy atom. The Balaban J connectivity index is 6.83. The summed E-state index contributed by atoms with van der Waals surface area (Å²) >= 11 is 0. The van der Waals surface area contributed by atoms with Crippen LogP contribution in [-0.2, 0) is 0 Å². The minimum Gasteiger partial charge on any atom is -0.0737 e. The number of rotatable bonds is 5. The molecule has 0 saturated carbocycles. The maximum atomic E-state index is 2.86. The fraction of sp³-hybridized carbons (Fsp3) is 1.00. The van der Waals surface area contributed by atoms with Gasteiger partial charge in [-0.15, -0.1) is 0 Å². The fourth-order valence-electron chi connectivity index (χ4n) is 6.75. The highest BCUT2D eigenvalue weighted by Crippen LogP contribution is 2.46. The molecule has 20 heavy (non-hydrogen) atoms. The van der Waals surface area contributed by atoms with Crippen molar-refractivity contribution < 1.29 is 0 Å². The second-order valence-electron chi connectivity index (χ2n) is 11.4. The monoisotopic (exact) mass is 378 g/mol. The summed E-state index contributed by atoms with van der Waals surface area (Å²) in [6, 6.07) is 0. The number of hydrogen-bond acceptors (Lipinski definition) is 0. The summed E-state index contributed by atoms with van der Waals surface area (Å²) in [4.78, 5) is 0. The van der Waals surface area contributed by atoms with E-state index in [2.05, 4.69) is 91.7 Å². The molecule has 0 aromatic carbocycles. The molecule has 0 rings (SSSR count). The van der Waals surface area contributed by atoms with Gasteiger partial charge in [0.15, 0.2) is 0 Å². The molecule has 0 saturated heterocycles. The van der Waals surface area contributed by atoms with Crippen molar-refractivity contribution in [3.63, 3.8) is 0 Å². The van der Waals surface area contributed by atoms with E-state index in [4.69, 9.17) is 0 Å². The van der Waals surface area contributed by atoms with Gasteiger partial charge in [0.1, 0.15) is 0 Å². The lowest BCUT2D eigenvalue weighted by atomic mass is 11.8. The standard InChI is InChI=1S/C14H42Si6/c1-15(2,3)19(13,14)20(16(4,5)6,17(7,8)9)18(10,11)12/h1-14H3. The van der Waals surface area contributed by atoms with Gasteiger partial charge in [-0.2, -0.15) is 0 Å². The Hall–Kier alpha value is 1.30. The molecular weight excluding hydrogens is 337 g/mol. The normalized spacial score (nSPS) is 16.5. The van der Waals surface area contributed by atoms with Gasteiger partial charge in [-0.3, -0.25) is 0 Å². The summed E-state index contributed by atoms with van der Waals surface area (Å²) in [6.07, 6.45) is -1.15. The van der Waals surface area contributed by atoms with Crippen LogP contribution in [-0.4, -0.2) is 43.6 Å². The maximum absolute atomic E-state index is 2.86. The third-order valence-electron chi connectivity index (χ3n) is 6.19. The van der Waals surface area contributed by atoms with Gasteiger partial charge in [0.2, 0.25) is 0 Å². The highest BCUT2D eigenvalue weighted by atomic mass is 30.2. The fourth-order valence-corrected chi connectivity index (χ4v) is 243. The first-order valence-electron chi connectivity index (χ1n) is 8.25. The third kappa shape index (κ3) is 3.02. The molecule has 0 radical (unpaired) electrons. The van der Waals surface area contributed by atoms with Crippen LogP contribution in [0.3, 0.4) is 0 Å². The van der Waals surface area contributed by atoms with E-state index in [1.165, 1.54) is 0 Å². The van der Waals surface area contributed by atoms with Crippen LogP contribution < -0.4 is 0 Å². The Morgan fingerprint density at radius 2 is 0.500 bits per heavy atom. The van der Waals surface area contributed by atoms with Crippen LogP contribution in [0.25, 0.3) is 0 Å². The van der Waals surface area contributed by atoms with Crippen molar-refractivity contribution in [1.82, 2.24) is 0 Å². The molecule has 0 nitrogen and oxygen atoms in total. The van der Waals surface area contributed by atoms with Crippen LogP contribution >= 0.6 is 0 Å². The number of hydrogen-bond donors (Lipinski definition) is 0. The van der Waals surface area contributed by atoms with Crippen molar-refractivity contribution in [2.24, 2.45) is 0 Å². The summed E-state index contributed by atoms with van der Waals surface area (Å²) < 4.78 is 0. The maximum Gasteiger partial charge on any atom is 0.0349 e. The Morgan fingerprint density at radius 1 is 0.300 bits per heavy atom. The molecule has 0 aliphatic rings. The first-order chi connectivity index (χ1) is 8.25. The molecule has 0 N–H and O–H groups in total. The van der Waals surface area contributed by atoms with Gasteiger partial charge in [0, 0.05) is 43.6 Å². The predicted molar refractivity (Wildman–Crippen MR) is 117 cm³/mol. The van der Waals surface area contributed by atoms with Gasteiger partial charge in [-0.1, -0.05) is 91.7 Å². The molecule has 6 heteroatoms. The van der Waals surface area contributed by atoms with E-state index in [0.29, 0.717) is 0 Å². The van der Waals surface area contributed by atoms with Crippen LogP contribution in [0.5, 0.6) is 0 Å². The summed E-state index contributed by atoms with van der Waals surface area (Å²) in [5, 5.41) is 0. The smallest absolute Gasteiger partial charge is 0.0349 e. The second kappa shape index (κ2) is 5.44. The van der Waals surface area contributed by atoms with E-state index in [9.17, 15) is 0 Å². The minimum absolute atomic E-state index is 1.04. The van der Waals surface area contributed by atoms with Crippen molar-refractivity contribution in [1.29, 1.82) is 0 Å². The molecule has 0 aromatic rings. The van der Waals surface area contributed by atoms with Crippen molar-refractivity contribution in [2.45, 2.75) is 91.7 Å². The van der Waals surface area contributed by atoms with E-state index in [0.717, 1.165) is 0 Å². The van der Waals surface area contributed by atoms with E-state index in [1.807, 2.05) is 0 Å². The first-order valence-corrected chi connectivity index (χ1v) is 32.2. The van der Waals surface area contributed by atoms with Gasteiger partial charge in [0.25, 0.3) is 0 Å². The van der Waals surface area contributed by atoms with Gasteiger partial charge < -0.3 is 0 Å². The zero-order valence-electron chi connectivity index (χ0n) is 17.0. The molecule has 0 unspecified atom stereocenters. The zero-order chi connectivity index (χ0) is 17.0. The lowest BCUT2D eigenvalue weighted by Gasteiger charge is -2.67. The molecule has 0 heterocycles. The van der Waals surface area contributed by atoms with Crippen LogP contribution in [0.1, 0.15) is 0 Å². The van der Waals surface area contributed by atoms with Crippen LogP contribution in [0.2, 0.25) is 91.7 Å². The summed E-state index contributed by atoms with van der Waals surface area (Å²) in [6.45, 7) is 38.8. The van der Waals surface area contributed by atoms with E-state index >= 15 is 0 Å². The first kappa shape index (κ1) is 21.3. The van der Waals surface area contributed by atoms with Crippen LogP contribution in [0.15, 0.2) is 0 Å². The second-order valence-corrected chi connectivity index (χ2v) is 79.1. The SMILES string of the molecule is C[Si](C)(C)[Si](C)(C)[Si]([Si](C)(C)C)([Si](C)(C)C)[Si](C)(C)C. The molecule has 0 aliphatic carbocycles. The van der Waals surface area contributed by atoms with Crippen LogP contribution in [0.4, 0.5) is 0 Å². The third-order valence-corrected chi connectivity index (χ3v) is 150. The van der Waals surface area contributed by atoms with Crippen LogP contribution in [0, 0.1) is 0 Å². The Kier molecular flexibility index (Phi) is 5.79. The zero-order valence-corrected chi connectivity index (χ0v) is 23.0. The van der Waals surface area contributed by atoms with Crippen molar-refractivity contribution in [3.8, 4) is 0 Å². The lowest BCUT2D eigenvalue weighted by molar-refractivity contribution is 1.71. The predicted octanol–water partition coefficient (Wildman–Crippen LogP) is 5.89. The molecule has 0 aromatic heterocycles. The van der Waals surface area contributed by atoms with Gasteiger partial charge in [-0.25, -0.2) is 0 Å². The topological polar surface area (TPSA) is 0 Å².